The van der Waals surface area contributed by atoms with E-state index in [9.17, 15) is 22.8 Å². The molecule has 4 aromatic rings. The molecule has 9 nitrogen and oxygen atoms in total. The van der Waals surface area contributed by atoms with E-state index in [1.807, 2.05) is 0 Å². The van der Waals surface area contributed by atoms with E-state index in [-0.39, 0.29) is 32.6 Å². The van der Waals surface area contributed by atoms with Crippen molar-refractivity contribution in [1.82, 2.24) is 25.0 Å². The highest BCUT2D eigenvalue weighted by Gasteiger charge is 2.37. The van der Waals surface area contributed by atoms with Crippen molar-refractivity contribution in [2.75, 3.05) is 5.32 Å². The van der Waals surface area contributed by atoms with Gasteiger partial charge in [0.15, 0.2) is 11.5 Å². The van der Waals surface area contributed by atoms with Crippen LogP contribution < -0.4 is 11.1 Å². The minimum Gasteiger partial charge on any atom is -0.365 e. The van der Waals surface area contributed by atoms with Crippen LogP contribution in [0.3, 0.4) is 0 Å². The van der Waals surface area contributed by atoms with E-state index in [4.69, 9.17) is 28.9 Å². The molecular weight excluding hydrogens is 474 g/mol. The Morgan fingerprint density at radius 1 is 1.19 bits per heavy atom. The fraction of sp³-hybridized carbons (Fsp3) is 0.0556. The van der Waals surface area contributed by atoms with Gasteiger partial charge in [-0.2, -0.15) is 23.4 Å². The quantitative estimate of drug-likeness (QED) is 0.405. The smallest absolute Gasteiger partial charge is 0.365 e. The second-order valence-electron chi connectivity index (χ2n) is 6.39. The summed E-state index contributed by atoms with van der Waals surface area (Å²) in [7, 11) is 0. The minimum atomic E-state index is -4.85. The normalized spacial score (nSPS) is 11.7. The summed E-state index contributed by atoms with van der Waals surface area (Å²) in [5, 5.41) is 12.4. The number of nitrogens with one attached hydrogen (secondary N) is 2. The Bertz CT molecular complexity index is 1380. The van der Waals surface area contributed by atoms with Gasteiger partial charge in [0.25, 0.3) is 11.8 Å². The number of carbonyl (C=O) groups is 2. The maximum Gasteiger partial charge on any atom is 0.435 e. The van der Waals surface area contributed by atoms with E-state index >= 15 is 0 Å². The molecule has 32 heavy (non-hydrogen) atoms. The average molecular weight is 484 g/mol. The first kappa shape index (κ1) is 21.6. The van der Waals surface area contributed by atoms with Gasteiger partial charge >= 0.3 is 6.18 Å². The first-order chi connectivity index (χ1) is 15.1. The van der Waals surface area contributed by atoms with E-state index in [2.05, 4.69) is 25.6 Å². The molecule has 14 heteroatoms. The summed E-state index contributed by atoms with van der Waals surface area (Å²) in [5.41, 5.74) is 3.30. The molecule has 0 aliphatic carbocycles. The van der Waals surface area contributed by atoms with Crippen molar-refractivity contribution >= 4 is 51.6 Å². The standard InChI is InChI=1S/C18H10Cl2F3N7O2/c19-8-2-1-3-25-16(8)30-10(5-11(29-30)18(21,22)23)17(32)27-14-9(20)4-7-6-26-28-13(7)12(14)15(24)31/h1-6H,(H2,24,31)(H,26,28)(H,27,32). The van der Waals surface area contributed by atoms with Crippen LogP contribution in [0.4, 0.5) is 18.9 Å². The van der Waals surface area contributed by atoms with E-state index in [1.54, 1.807) is 0 Å². The molecule has 0 radical (unpaired) electrons. The summed E-state index contributed by atoms with van der Waals surface area (Å²) in [5.74, 6) is -2.23. The molecule has 4 N–H and O–H groups in total. The number of nitrogens with zero attached hydrogens (tertiary/aromatic N) is 4. The lowest BCUT2D eigenvalue weighted by Gasteiger charge is -2.13. The molecule has 3 aromatic heterocycles. The first-order valence-corrected chi connectivity index (χ1v) is 9.38. The third-order valence-corrected chi connectivity index (χ3v) is 4.94. The highest BCUT2D eigenvalue weighted by Crippen LogP contribution is 2.34. The predicted molar refractivity (Wildman–Crippen MR) is 109 cm³/mol. The zero-order valence-electron chi connectivity index (χ0n) is 15.5. The largest absolute Gasteiger partial charge is 0.435 e. The molecule has 0 spiro atoms. The van der Waals surface area contributed by atoms with Gasteiger partial charge in [-0.25, -0.2) is 9.67 Å². The number of aromatic nitrogens is 5. The van der Waals surface area contributed by atoms with Crippen molar-refractivity contribution in [1.29, 1.82) is 0 Å². The minimum absolute atomic E-state index is 0.0480. The maximum absolute atomic E-state index is 13.3. The number of hydrogen-bond acceptors (Lipinski definition) is 5. The molecule has 0 saturated heterocycles. The number of alkyl halides is 3. The number of halogens is 5. The van der Waals surface area contributed by atoms with E-state index in [1.165, 1.54) is 30.6 Å². The fourth-order valence-electron chi connectivity index (χ4n) is 2.98. The molecule has 0 bridgehead atoms. The van der Waals surface area contributed by atoms with Gasteiger partial charge in [-0.3, -0.25) is 14.7 Å². The maximum atomic E-state index is 13.3. The number of H-pyrrole nitrogens is 1. The Kier molecular flexibility index (Phi) is 5.26. The molecule has 3 heterocycles. The topological polar surface area (TPSA) is 132 Å². The summed E-state index contributed by atoms with van der Waals surface area (Å²) in [6.45, 7) is 0. The number of nitrogens with two attached hydrogens (primary N) is 1. The van der Waals surface area contributed by atoms with Gasteiger partial charge in [-0.15, -0.1) is 0 Å². The summed E-state index contributed by atoms with van der Waals surface area (Å²) in [6.07, 6.45) is -2.20. The lowest BCUT2D eigenvalue weighted by Crippen LogP contribution is -2.21. The molecule has 0 saturated carbocycles. The summed E-state index contributed by atoms with van der Waals surface area (Å²) < 4.78 is 40.6. The number of primary amides is 1. The lowest BCUT2D eigenvalue weighted by atomic mass is 10.1. The van der Waals surface area contributed by atoms with Crippen LogP contribution in [0.2, 0.25) is 10.0 Å². The van der Waals surface area contributed by atoms with Gasteiger partial charge in [0.05, 0.1) is 33.0 Å². The molecule has 2 amide bonds. The van der Waals surface area contributed by atoms with Gasteiger partial charge < -0.3 is 11.1 Å². The molecule has 4 rings (SSSR count). The van der Waals surface area contributed by atoms with Gasteiger partial charge in [-0.1, -0.05) is 23.2 Å². The number of rotatable bonds is 4. The van der Waals surface area contributed by atoms with Crippen molar-refractivity contribution in [2.45, 2.75) is 6.18 Å². The number of hydrogen-bond donors (Lipinski definition) is 3. The Hall–Kier alpha value is -3.64. The van der Waals surface area contributed by atoms with Gasteiger partial charge in [-0.05, 0) is 18.2 Å². The summed E-state index contributed by atoms with van der Waals surface area (Å²) in [6, 6.07) is 4.75. The predicted octanol–water partition coefficient (Wildman–Crippen LogP) is 3.82. The van der Waals surface area contributed by atoms with Crippen molar-refractivity contribution in [3.8, 4) is 5.82 Å². The number of benzene rings is 1. The number of pyridine rings is 1. The Balaban J connectivity index is 1.85. The van der Waals surface area contributed by atoms with Crippen LogP contribution in [0.15, 0.2) is 36.7 Å². The number of fused-ring (bicyclic) bond motifs is 1. The lowest BCUT2D eigenvalue weighted by molar-refractivity contribution is -0.141. The average Bonchev–Trinajstić information content (AvgIpc) is 3.35. The van der Waals surface area contributed by atoms with E-state index in [0.717, 1.165) is 0 Å². The second-order valence-corrected chi connectivity index (χ2v) is 7.21. The molecular formula is C18H10Cl2F3N7O2. The van der Waals surface area contributed by atoms with Crippen LogP contribution in [0.1, 0.15) is 26.5 Å². The zero-order valence-corrected chi connectivity index (χ0v) is 17.0. The van der Waals surface area contributed by atoms with Crippen molar-refractivity contribution < 1.29 is 22.8 Å². The van der Waals surface area contributed by atoms with Gasteiger partial charge in [0.1, 0.15) is 5.69 Å². The molecule has 164 valence electrons. The van der Waals surface area contributed by atoms with E-state index < -0.39 is 29.4 Å². The van der Waals surface area contributed by atoms with Crippen LogP contribution in [-0.4, -0.2) is 36.8 Å². The first-order valence-electron chi connectivity index (χ1n) is 8.62. The zero-order chi connectivity index (χ0) is 23.2. The highest BCUT2D eigenvalue weighted by atomic mass is 35.5. The molecule has 0 fully saturated rings. The van der Waals surface area contributed by atoms with Crippen LogP contribution in [0.25, 0.3) is 16.7 Å². The molecule has 0 aliphatic heterocycles. The molecule has 0 unspecified atom stereocenters. The molecule has 0 atom stereocenters. The SMILES string of the molecule is NC(=O)c1c(NC(=O)c2cc(C(F)(F)F)nn2-c2ncccc2Cl)c(Cl)cc2cn[nH]c12. The van der Waals surface area contributed by atoms with Crippen molar-refractivity contribution in [3.05, 3.63) is 63.7 Å². The third-order valence-electron chi connectivity index (χ3n) is 4.35. The van der Waals surface area contributed by atoms with Gasteiger partial charge in [0.2, 0.25) is 0 Å². The molecule has 1 aromatic carbocycles. The third kappa shape index (κ3) is 3.74. The van der Waals surface area contributed by atoms with Crippen LogP contribution >= 0.6 is 23.2 Å². The van der Waals surface area contributed by atoms with Crippen LogP contribution in [-0.2, 0) is 6.18 Å². The Morgan fingerprint density at radius 2 is 1.94 bits per heavy atom. The summed E-state index contributed by atoms with van der Waals surface area (Å²) >= 11 is 12.2. The fourth-order valence-corrected chi connectivity index (χ4v) is 3.44. The number of aromatic amines is 1. The van der Waals surface area contributed by atoms with E-state index in [0.29, 0.717) is 16.1 Å². The second kappa shape index (κ2) is 7.80. The number of anilines is 1. The van der Waals surface area contributed by atoms with Crippen molar-refractivity contribution in [2.24, 2.45) is 5.73 Å². The number of carbonyl (C=O) groups excluding carboxylic acids is 2. The van der Waals surface area contributed by atoms with Crippen LogP contribution in [0, 0.1) is 0 Å². The molecule has 0 aliphatic rings. The Labute approximate surface area is 186 Å². The van der Waals surface area contributed by atoms with Gasteiger partial charge in [0, 0.05) is 17.6 Å². The Morgan fingerprint density at radius 3 is 2.59 bits per heavy atom. The summed E-state index contributed by atoms with van der Waals surface area (Å²) in [4.78, 5) is 29.0. The van der Waals surface area contributed by atoms with Crippen molar-refractivity contribution in [3.63, 3.8) is 0 Å². The monoisotopic (exact) mass is 483 g/mol. The van der Waals surface area contributed by atoms with Crippen LogP contribution in [0.5, 0.6) is 0 Å². The highest BCUT2D eigenvalue weighted by molar-refractivity contribution is 6.36. The number of amides is 2.